The number of rotatable bonds is 7. The number of benzene rings is 4. The quantitative estimate of drug-likeness (QED) is 0.219. The molecule has 0 aliphatic carbocycles. The topological polar surface area (TPSA) is 88.3 Å². The number of H-pyrrole nitrogens is 1. The average molecular weight is 535 g/mol. The molecule has 0 amide bonds. The van der Waals surface area contributed by atoms with E-state index in [4.69, 9.17) is 4.74 Å². The lowest BCUT2D eigenvalue weighted by Crippen LogP contribution is -2.42. The van der Waals surface area contributed by atoms with Crippen molar-refractivity contribution < 1.29 is 17.9 Å². The van der Waals surface area contributed by atoms with Crippen LogP contribution >= 0.6 is 0 Å². The molecule has 0 saturated carbocycles. The molecule has 0 aliphatic rings. The summed E-state index contributed by atoms with van der Waals surface area (Å²) in [6.07, 6.45) is 1.92. The number of esters is 1. The molecule has 0 spiro atoms. The first kappa shape index (κ1) is 26.0. The number of nitrogens with one attached hydrogen (secondary N) is 2. The highest BCUT2D eigenvalue weighted by Crippen LogP contribution is 2.21. The number of hydrogen-bond donors (Lipinski definition) is 2. The van der Waals surface area contributed by atoms with Gasteiger partial charge >= 0.3 is 5.97 Å². The summed E-state index contributed by atoms with van der Waals surface area (Å²) >= 11 is 0. The summed E-state index contributed by atoms with van der Waals surface area (Å²) in [6.45, 7) is 0. The Labute approximate surface area is 227 Å². The fourth-order valence-corrected chi connectivity index (χ4v) is 5.51. The van der Waals surface area contributed by atoms with E-state index in [2.05, 4.69) is 33.7 Å². The van der Waals surface area contributed by atoms with Crippen LogP contribution in [0, 0.1) is 11.8 Å². The molecule has 0 aliphatic heterocycles. The molecule has 2 N–H and O–H groups in total. The van der Waals surface area contributed by atoms with Gasteiger partial charge in [-0.25, -0.2) is 8.42 Å². The maximum atomic E-state index is 13.1. The molecule has 4 aromatic carbocycles. The van der Waals surface area contributed by atoms with Crippen LogP contribution in [0.25, 0.3) is 22.0 Å². The van der Waals surface area contributed by atoms with Crippen molar-refractivity contribution in [1.29, 1.82) is 0 Å². The maximum absolute atomic E-state index is 13.1. The SMILES string of the molecule is COC(=O)[C@@H](Cc1c[nH]c2ccccc12)NS(=O)(=O)c1ccc(C#Cc2ccc(-c3ccccc3)cc2)cc1. The third kappa shape index (κ3) is 6.10. The van der Waals surface area contributed by atoms with Crippen LogP contribution in [0.15, 0.2) is 114 Å². The smallest absolute Gasteiger partial charge is 0.324 e. The van der Waals surface area contributed by atoms with Crippen LogP contribution in [0.3, 0.4) is 0 Å². The Balaban J connectivity index is 1.29. The fourth-order valence-electron chi connectivity index (χ4n) is 4.33. The average Bonchev–Trinajstić information content (AvgIpc) is 3.39. The van der Waals surface area contributed by atoms with Gasteiger partial charge in [-0.2, -0.15) is 4.72 Å². The van der Waals surface area contributed by atoms with Crippen LogP contribution in [-0.2, 0) is 26.0 Å². The Morgan fingerprint density at radius 2 is 1.41 bits per heavy atom. The molecule has 39 heavy (non-hydrogen) atoms. The molecule has 0 fully saturated rings. The Hall–Kier alpha value is -4.64. The molecule has 5 rings (SSSR count). The maximum Gasteiger partial charge on any atom is 0.324 e. The second-order valence-electron chi connectivity index (χ2n) is 8.98. The van der Waals surface area contributed by atoms with Crippen LogP contribution < -0.4 is 4.72 Å². The van der Waals surface area contributed by atoms with Gasteiger partial charge in [-0.15, -0.1) is 0 Å². The molecule has 1 atom stereocenters. The van der Waals surface area contributed by atoms with E-state index in [1.54, 1.807) is 18.3 Å². The predicted octanol–water partition coefficient (Wildman–Crippen LogP) is 5.30. The summed E-state index contributed by atoms with van der Waals surface area (Å²) in [6, 6.07) is 30.8. The molecule has 194 valence electrons. The summed E-state index contributed by atoms with van der Waals surface area (Å²) in [5.74, 6) is 5.52. The highest BCUT2D eigenvalue weighted by Gasteiger charge is 2.27. The van der Waals surface area contributed by atoms with E-state index in [-0.39, 0.29) is 11.3 Å². The Morgan fingerprint density at radius 3 is 2.08 bits per heavy atom. The summed E-state index contributed by atoms with van der Waals surface area (Å²) in [5.41, 5.74) is 5.49. The van der Waals surface area contributed by atoms with Crippen molar-refractivity contribution in [3.63, 3.8) is 0 Å². The van der Waals surface area contributed by atoms with Crippen molar-refractivity contribution in [2.75, 3.05) is 7.11 Å². The van der Waals surface area contributed by atoms with E-state index in [1.165, 1.54) is 19.2 Å². The summed E-state index contributed by atoms with van der Waals surface area (Å²) in [5, 5.41) is 0.920. The normalized spacial score (nSPS) is 11.9. The third-order valence-corrected chi connectivity index (χ3v) is 7.88. The molecule has 7 heteroatoms. The van der Waals surface area contributed by atoms with Crippen molar-refractivity contribution in [1.82, 2.24) is 9.71 Å². The second kappa shape index (κ2) is 11.4. The predicted molar refractivity (Wildman–Crippen MR) is 152 cm³/mol. The summed E-state index contributed by atoms with van der Waals surface area (Å²) in [4.78, 5) is 15.7. The first-order valence-corrected chi connectivity index (χ1v) is 13.8. The number of para-hydroxylation sites is 1. The van der Waals surface area contributed by atoms with Crippen molar-refractivity contribution in [3.8, 4) is 23.0 Å². The Kier molecular flexibility index (Phi) is 7.60. The van der Waals surface area contributed by atoms with E-state index in [9.17, 15) is 13.2 Å². The number of fused-ring (bicyclic) bond motifs is 1. The lowest BCUT2D eigenvalue weighted by Gasteiger charge is -2.16. The highest BCUT2D eigenvalue weighted by atomic mass is 32.2. The molecule has 5 aromatic rings. The number of carbonyl (C=O) groups excluding carboxylic acids is 1. The molecule has 0 unspecified atom stereocenters. The monoisotopic (exact) mass is 534 g/mol. The summed E-state index contributed by atoms with van der Waals surface area (Å²) in [7, 11) is -2.76. The second-order valence-corrected chi connectivity index (χ2v) is 10.7. The number of aromatic nitrogens is 1. The van der Waals surface area contributed by atoms with Gasteiger partial charge in [-0.3, -0.25) is 4.79 Å². The van der Waals surface area contributed by atoms with E-state index in [1.807, 2.05) is 66.7 Å². The zero-order valence-electron chi connectivity index (χ0n) is 21.2. The fraction of sp³-hybridized carbons (Fsp3) is 0.0938. The molecular weight excluding hydrogens is 508 g/mol. The number of sulfonamides is 1. The number of carbonyl (C=O) groups is 1. The van der Waals surface area contributed by atoms with Gasteiger partial charge in [0.05, 0.1) is 12.0 Å². The van der Waals surface area contributed by atoms with Gasteiger partial charge in [0, 0.05) is 34.6 Å². The molecule has 0 radical (unpaired) electrons. The van der Waals surface area contributed by atoms with Crippen LogP contribution in [0.2, 0.25) is 0 Å². The van der Waals surface area contributed by atoms with Gasteiger partial charge in [-0.05, 0) is 59.2 Å². The van der Waals surface area contributed by atoms with Crippen molar-refractivity contribution in [2.45, 2.75) is 17.4 Å². The van der Waals surface area contributed by atoms with Gasteiger partial charge in [0.2, 0.25) is 10.0 Å². The van der Waals surface area contributed by atoms with Crippen LogP contribution in [0.4, 0.5) is 0 Å². The van der Waals surface area contributed by atoms with E-state index in [0.717, 1.165) is 33.2 Å². The first-order valence-electron chi connectivity index (χ1n) is 12.4. The van der Waals surface area contributed by atoms with Crippen molar-refractivity contribution in [2.24, 2.45) is 0 Å². The molecule has 6 nitrogen and oxygen atoms in total. The zero-order chi connectivity index (χ0) is 27.2. The first-order chi connectivity index (χ1) is 18.9. The van der Waals surface area contributed by atoms with Crippen molar-refractivity contribution in [3.05, 3.63) is 126 Å². The Morgan fingerprint density at radius 1 is 0.821 bits per heavy atom. The largest absolute Gasteiger partial charge is 0.468 e. The number of methoxy groups -OCH3 is 1. The Bertz CT molecular complexity index is 1760. The lowest BCUT2D eigenvalue weighted by atomic mass is 10.0. The van der Waals surface area contributed by atoms with E-state index in [0.29, 0.717) is 5.56 Å². The van der Waals surface area contributed by atoms with Crippen molar-refractivity contribution >= 4 is 26.9 Å². The standard InChI is InChI=1S/C32H26N2O4S/c1-38-32(35)31(21-27-22-33-30-10-6-5-9-29(27)30)34-39(36,37)28-19-15-24(16-20-28)12-11-23-13-17-26(18-14-23)25-7-3-2-4-8-25/h2-10,13-20,22,31,33-34H,21H2,1H3/t31-/m1/s1. The molecule has 0 bridgehead atoms. The van der Waals surface area contributed by atoms with E-state index >= 15 is 0 Å². The van der Waals surface area contributed by atoms with Gasteiger partial charge < -0.3 is 9.72 Å². The zero-order valence-corrected chi connectivity index (χ0v) is 22.0. The van der Waals surface area contributed by atoms with Gasteiger partial charge in [0.15, 0.2) is 0 Å². The van der Waals surface area contributed by atoms with Gasteiger partial charge in [-0.1, -0.05) is 72.5 Å². The third-order valence-electron chi connectivity index (χ3n) is 6.39. The highest BCUT2D eigenvalue weighted by molar-refractivity contribution is 7.89. The molecular formula is C32H26N2O4S. The van der Waals surface area contributed by atoms with Crippen LogP contribution in [-0.4, -0.2) is 32.5 Å². The number of aromatic amines is 1. The minimum absolute atomic E-state index is 0.0353. The van der Waals surface area contributed by atoms with Gasteiger partial charge in [0.1, 0.15) is 6.04 Å². The minimum atomic E-state index is -4.00. The molecule has 1 aromatic heterocycles. The number of hydrogen-bond acceptors (Lipinski definition) is 4. The molecule has 0 saturated heterocycles. The van der Waals surface area contributed by atoms with Crippen LogP contribution in [0.5, 0.6) is 0 Å². The van der Waals surface area contributed by atoms with E-state index < -0.39 is 22.0 Å². The van der Waals surface area contributed by atoms with Crippen LogP contribution in [0.1, 0.15) is 16.7 Å². The summed E-state index contributed by atoms with van der Waals surface area (Å²) < 4.78 is 33.7. The van der Waals surface area contributed by atoms with Gasteiger partial charge in [0.25, 0.3) is 0 Å². The minimum Gasteiger partial charge on any atom is -0.468 e. The lowest BCUT2D eigenvalue weighted by molar-refractivity contribution is -0.142. The molecule has 1 heterocycles. The number of ether oxygens (including phenoxy) is 1.